The fourth-order valence-corrected chi connectivity index (χ4v) is 2.53. The minimum absolute atomic E-state index is 0.255. The van der Waals surface area contributed by atoms with Crippen LogP contribution in [0.1, 0.15) is 42.1 Å². The highest BCUT2D eigenvalue weighted by Gasteiger charge is 2.29. The molecule has 5 heteroatoms. The standard InChI is InChI=1S/C15H16N4O/c16-12(15-18-14(19-20-15)9-5-6-9)7-10-8-17-13-4-2-1-3-11(10)13/h1-4,8-9,12,17H,5-7,16H2/t12-/m1/s1. The lowest BCUT2D eigenvalue weighted by atomic mass is 10.1. The average Bonchev–Trinajstić information content (AvgIpc) is 3.06. The number of fused-ring (bicyclic) bond motifs is 1. The molecule has 1 aromatic carbocycles. The predicted octanol–water partition coefficient (Wildman–Crippen LogP) is 2.67. The summed E-state index contributed by atoms with van der Waals surface area (Å²) in [5.41, 5.74) is 8.50. The molecule has 2 heterocycles. The summed E-state index contributed by atoms with van der Waals surface area (Å²) in [5.74, 6) is 1.85. The van der Waals surface area contributed by atoms with Gasteiger partial charge in [0, 0.05) is 23.0 Å². The van der Waals surface area contributed by atoms with E-state index in [0.29, 0.717) is 18.2 Å². The van der Waals surface area contributed by atoms with Gasteiger partial charge in [-0.15, -0.1) is 0 Å². The van der Waals surface area contributed by atoms with Gasteiger partial charge in [0.1, 0.15) is 0 Å². The van der Waals surface area contributed by atoms with Crippen molar-refractivity contribution in [1.82, 2.24) is 15.1 Å². The van der Waals surface area contributed by atoms with Gasteiger partial charge in [-0.2, -0.15) is 4.98 Å². The largest absolute Gasteiger partial charge is 0.361 e. The van der Waals surface area contributed by atoms with Gasteiger partial charge in [-0.3, -0.25) is 0 Å². The quantitative estimate of drug-likeness (QED) is 0.762. The third kappa shape index (κ3) is 2.00. The van der Waals surface area contributed by atoms with Gasteiger partial charge in [0.05, 0.1) is 6.04 Å². The van der Waals surface area contributed by atoms with Crippen LogP contribution in [0.25, 0.3) is 10.9 Å². The lowest BCUT2D eigenvalue weighted by Gasteiger charge is -2.05. The van der Waals surface area contributed by atoms with Gasteiger partial charge < -0.3 is 15.2 Å². The van der Waals surface area contributed by atoms with Crippen molar-refractivity contribution in [3.05, 3.63) is 47.7 Å². The van der Waals surface area contributed by atoms with Crippen molar-refractivity contribution in [3.63, 3.8) is 0 Å². The van der Waals surface area contributed by atoms with Crippen molar-refractivity contribution < 1.29 is 4.52 Å². The normalized spacial score (nSPS) is 16.6. The molecule has 3 aromatic rings. The molecule has 1 aliphatic carbocycles. The van der Waals surface area contributed by atoms with Crippen LogP contribution in [0.2, 0.25) is 0 Å². The molecule has 0 amide bonds. The van der Waals surface area contributed by atoms with Crippen molar-refractivity contribution in [2.24, 2.45) is 5.73 Å². The Morgan fingerprint density at radius 2 is 2.20 bits per heavy atom. The van der Waals surface area contributed by atoms with Crippen LogP contribution >= 0.6 is 0 Å². The third-order valence-corrected chi connectivity index (χ3v) is 3.83. The van der Waals surface area contributed by atoms with Crippen LogP contribution in [0.4, 0.5) is 0 Å². The van der Waals surface area contributed by atoms with Gasteiger partial charge in [-0.1, -0.05) is 23.4 Å². The van der Waals surface area contributed by atoms with Crippen LogP contribution in [0.15, 0.2) is 35.0 Å². The molecule has 5 nitrogen and oxygen atoms in total. The molecule has 20 heavy (non-hydrogen) atoms. The molecule has 0 unspecified atom stereocenters. The molecule has 1 fully saturated rings. The molecule has 0 spiro atoms. The van der Waals surface area contributed by atoms with Crippen molar-refractivity contribution in [1.29, 1.82) is 0 Å². The maximum Gasteiger partial charge on any atom is 0.243 e. The zero-order valence-electron chi connectivity index (χ0n) is 11.0. The Kier molecular flexibility index (Phi) is 2.60. The van der Waals surface area contributed by atoms with Crippen LogP contribution in [-0.2, 0) is 6.42 Å². The zero-order chi connectivity index (χ0) is 13.5. The second kappa shape index (κ2) is 4.45. The summed E-state index contributed by atoms with van der Waals surface area (Å²) >= 11 is 0. The summed E-state index contributed by atoms with van der Waals surface area (Å²) in [6, 6.07) is 7.94. The molecule has 0 saturated heterocycles. The number of hydrogen-bond donors (Lipinski definition) is 2. The van der Waals surface area contributed by atoms with Gasteiger partial charge in [0.2, 0.25) is 5.89 Å². The molecule has 0 bridgehead atoms. The van der Waals surface area contributed by atoms with Gasteiger partial charge in [0.15, 0.2) is 5.82 Å². The monoisotopic (exact) mass is 268 g/mol. The first-order valence-corrected chi connectivity index (χ1v) is 6.95. The molecule has 102 valence electrons. The van der Waals surface area contributed by atoms with E-state index in [9.17, 15) is 0 Å². The van der Waals surface area contributed by atoms with Crippen LogP contribution in [0.3, 0.4) is 0 Å². The number of para-hydroxylation sites is 1. The molecular weight excluding hydrogens is 252 g/mol. The minimum Gasteiger partial charge on any atom is -0.361 e. The maximum atomic E-state index is 6.20. The van der Waals surface area contributed by atoms with Crippen LogP contribution in [-0.4, -0.2) is 15.1 Å². The van der Waals surface area contributed by atoms with Crippen molar-refractivity contribution in [2.45, 2.75) is 31.2 Å². The van der Waals surface area contributed by atoms with Gasteiger partial charge in [0.25, 0.3) is 0 Å². The van der Waals surface area contributed by atoms with Gasteiger partial charge in [-0.05, 0) is 30.9 Å². The summed E-state index contributed by atoms with van der Waals surface area (Å²) < 4.78 is 5.29. The second-order valence-electron chi connectivity index (χ2n) is 5.44. The summed E-state index contributed by atoms with van der Waals surface area (Å²) in [6.07, 6.45) is 5.02. The van der Waals surface area contributed by atoms with E-state index in [1.165, 1.54) is 10.9 Å². The molecule has 1 aliphatic rings. The SMILES string of the molecule is N[C@H](Cc1c[nH]c2ccccc12)c1nc(C2CC2)no1. The number of benzene rings is 1. The number of hydrogen-bond acceptors (Lipinski definition) is 4. The highest BCUT2D eigenvalue weighted by Crippen LogP contribution is 2.38. The minimum atomic E-state index is -0.255. The van der Waals surface area contributed by atoms with Crippen LogP contribution < -0.4 is 5.73 Å². The van der Waals surface area contributed by atoms with Gasteiger partial charge in [-0.25, -0.2) is 0 Å². The van der Waals surface area contributed by atoms with Gasteiger partial charge >= 0.3 is 0 Å². The van der Waals surface area contributed by atoms with E-state index in [1.54, 1.807) is 0 Å². The number of nitrogens with one attached hydrogen (secondary N) is 1. The van der Waals surface area contributed by atoms with E-state index >= 15 is 0 Å². The topological polar surface area (TPSA) is 80.7 Å². The Bertz CT molecular complexity index is 741. The number of aromatic amines is 1. The highest BCUT2D eigenvalue weighted by atomic mass is 16.5. The second-order valence-corrected chi connectivity index (χ2v) is 5.44. The fraction of sp³-hybridized carbons (Fsp3) is 0.333. The maximum absolute atomic E-state index is 6.20. The lowest BCUT2D eigenvalue weighted by molar-refractivity contribution is 0.350. The molecule has 4 rings (SSSR count). The summed E-state index contributed by atoms with van der Waals surface area (Å²) in [7, 11) is 0. The zero-order valence-corrected chi connectivity index (χ0v) is 11.0. The van der Waals surface area contributed by atoms with Crippen LogP contribution in [0.5, 0.6) is 0 Å². The van der Waals surface area contributed by atoms with E-state index in [4.69, 9.17) is 10.3 Å². The van der Waals surface area contributed by atoms with Crippen molar-refractivity contribution >= 4 is 10.9 Å². The Balaban J connectivity index is 1.57. The predicted molar refractivity (Wildman–Crippen MR) is 75.2 cm³/mol. The van der Waals surface area contributed by atoms with E-state index in [-0.39, 0.29) is 6.04 Å². The Labute approximate surface area is 116 Å². The van der Waals surface area contributed by atoms with Crippen molar-refractivity contribution in [2.75, 3.05) is 0 Å². The number of nitrogens with zero attached hydrogens (tertiary/aromatic N) is 2. The summed E-state index contributed by atoms with van der Waals surface area (Å²) in [6.45, 7) is 0. The van der Waals surface area contributed by atoms with Crippen molar-refractivity contribution in [3.8, 4) is 0 Å². The first-order chi connectivity index (χ1) is 9.81. The summed E-state index contributed by atoms with van der Waals surface area (Å²) in [4.78, 5) is 7.68. The molecular formula is C15H16N4O. The average molecular weight is 268 g/mol. The number of rotatable bonds is 4. The van der Waals surface area contributed by atoms with E-state index < -0.39 is 0 Å². The first kappa shape index (κ1) is 11.7. The lowest BCUT2D eigenvalue weighted by Crippen LogP contribution is -2.13. The molecule has 0 aliphatic heterocycles. The molecule has 3 N–H and O–H groups in total. The number of nitrogens with two attached hydrogens (primary N) is 1. The summed E-state index contributed by atoms with van der Waals surface area (Å²) in [5, 5.41) is 5.22. The van der Waals surface area contributed by atoms with Crippen LogP contribution in [0, 0.1) is 0 Å². The molecule has 1 saturated carbocycles. The molecule has 0 radical (unpaired) electrons. The Morgan fingerprint density at radius 1 is 1.35 bits per heavy atom. The smallest absolute Gasteiger partial charge is 0.243 e. The number of H-pyrrole nitrogens is 1. The third-order valence-electron chi connectivity index (χ3n) is 3.83. The fourth-order valence-electron chi connectivity index (χ4n) is 2.53. The highest BCUT2D eigenvalue weighted by molar-refractivity contribution is 5.83. The Morgan fingerprint density at radius 3 is 3.05 bits per heavy atom. The number of aromatic nitrogens is 3. The molecule has 2 aromatic heterocycles. The molecule has 1 atom stereocenters. The van der Waals surface area contributed by atoms with E-state index in [2.05, 4.69) is 27.3 Å². The first-order valence-electron chi connectivity index (χ1n) is 6.95. The van der Waals surface area contributed by atoms with E-state index in [1.807, 2.05) is 18.3 Å². The Hall–Kier alpha value is -2.14. The van der Waals surface area contributed by atoms with E-state index in [0.717, 1.165) is 24.2 Å².